The van der Waals surface area contributed by atoms with Crippen LogP contribution in [0.25, 0.3) is 0 Å². The Morgan fingerprint density at radius 1 is 1.53 bits per heavy atom. The van der Waals surface area contributed by atoms with Crippen LogP contribution in [0.1, 0.15) is 17.3 Å². The van der Waals surface area contributed by atoms with Gasteiger partial charge in [0.05, 0.1) is 12.1 Å². The standard InChI is InChI=1S/C12H12INO/c1-3-9-14(4-2)12(15)10-7-5-6-8-11(10)13/h1,5-8H,4,9H2,2H3. The van der Waals surface area contributed by atoms with Gasteiger partial charge in [-0.15, -0.1) is 6.42 Å². The third-order valence-corrected chi connectivity index (χ3v) is 3.00. The van der Waals surface area contributed by atoms with Crippen molar-refractivity contribution in [1.82, 2.24) is 4.90 Å². The number of benzene rings is 1. The highest BCUT2D eigenvalue weighted by Gasteiger charge is 2.14. The zero-order valence-electron chi connectivity index (χ0n) is 8.53. The van der Waals surface area contributed by atoms with Crippen LogP contribution in [-0.4, -0.2) is 23.9 Å². The molecule has 0 radical (unpaired) electrons. The van der Waals surface area contributed by atoms with Crippen molar-refractivity contribution in [3.8, 4) is 12.3 Å². The van der Waals surface area contributed by atoms with Crippen molar-refractivity contribution in [2.75, 3.05) is 13.1 Å². The fraction of sp³-hybridized carbons (Fsp3) is 0.250. The first-order chi connectivity index (χ1) is 7.20. The maximum Gasteiger partial charge on any atom is 0.255 e. The van der Waals surface area contributed by atoms with Crippen LogP contribution in [0.4, 0.5) is 0 Å². The minimum absolute atomic E-state index is 0.000417. The molecule has 0 heterocycles. The van der Waals surface area contributed by atoms with Gasteiger partial charge in [0.15, 0.2) is 0 Å². The summed E-state index contributed by atoms with van der Waals surface area (Å²) in [5, 5.41) is 0. The van der Waals surface area contributed by atoms with E-state index in [0.717, 1.165) is 9.13 Å². The van der Waals surface area contributed by atoms with Crippen molar-refractivity contribution in [1.29, 1.82) is 0 Å². The van der Waals surface area contributed by atoms with Crippen molar-refractivity contribution in [3.63, 3.8) is 0 Å². The lowest BCUT2D eigenvalue weighted by Crippen LogP contribution is -2.31. The molecule has 0 saturated heterocycles. The summed E-state index contributed by atoms with van der Waals surface area (Å²) >= 11 is 2.15. The molecular formula is C12H12INO. The molecule has 0 aliphatic rings. The molecule has 0 aliphatic heterocycles. The summed E-state index contributed by atoms with van der Waals surface area (Å²) < 4.78 is 0.954. The summed E-state index contributed by atoms with van der Waals surface area (Å²) in [7, 11) is 0. The molecule has 3 heteroatoms. The van der Waals surface area contributed by atoms with Crippen LogP contribution in [0.3, 0.4) is 0 Å². The van der Waals surface area contributed by atoms with Crippen LogP contribution in [0.15, 0.2) is 24.3 Å². The molecule has 0 fully saturated rings. The van der Waals surface area contributed by atoms with Gasteiger partial charge in [0.25, 0.3) is 5.91 Å². The number of terminal acetylenes is 1. The fourth-order valence-corrected chi connectivity index (χ4v) is 1.86. The van der Waals surface area contributed by atoms with Gasteiger partial charge in [-0.3, -0.25) is 4.79 Å². The van der Waals surface area contributed by atoms with Crippen molar-refractivity contribution in [3.05, 3.63) is 33.4 Å². The number of rotatable bonds is 3. The predicted molar refractivity (Wildman–Crippen MR) is 69.6 cm³/mol. The van der Waals surface area contributed by atoms with Gasteiger partial charge in [-0.1, -0.05) is 18.1 Å². The van der Waals surface area contributed by atoms with Gasteiger partial charge in [0, 0.05) is 10.1 Å². The minimum Gasteiger partial charge on any atom is -0.328 e. The van der Waals surface area contributed by atoms with Gasteiger partial charge in [0.1, 0.15) is 0 Å². The van der Waals surface area contributed by atoms with Crippen molar-refractivity contribution >= 4 is 28.5 Å². The maximum atomic E-state index is 12.0. The van der Waals surface area contributed by atoms with Gasteiger partial charge in [-0.05, 0) is 41.6 Å². The SMILES string of the molecule is C#CCN(CC)C(=O)c1ccccc1I. The number of carbonyl (C=O) groups excluding carboxylic acids is 1. The Balaban J connectivity index is 2.94. The molecule has 0 atom stereocenters. The number of amides is 1. The first kappa shape index (κ1) is 12.1. The van der Waals surface area contributed by atoms with E-state index < -0.39 is 0 Å². The lowest BCUT2D eigenvalue weighted by Gasteiger charge is -2.18. The average Bonchev–Trinajstić information content (AvgIpc) is 2.25. The largest absolute Gasteiger partial charge is 0.328 e. The number of halogens is 1. The summed E-state index contributed by atoms with van der Waals surface area (Å²) in [6.45, 7) is 2.92. The summed E-state index contributed by atoms with van der Waals surface area (Å²) in [4.78, 5) is 13.7. The van der Waals surface area contributed by atoms with Crippen LogP contribution in [-0.2, 0) is 0 Å². The van der Waals surface area contributed by atoms with E-state index in [4.69, 9.17) is 6.42 Å². The average molecular weight is 313 g/mol. The van der Waals surface area contributed by atoms with Crippen LogP contribution < -0.4 is 0 Å². The molecule has 2 nitrogen and oxygen atoms in total. The molecule has 0 aromatic heterocycles. The number of nitrogens with zero attached hydrogens (tertiary/aromatic N) is 1. The van der Waals surface area contributed by atoms with E-state index in [2.05, 4.69) is 28.5 Å². The highest BCUT2D eigenvalue weighted by atomic mass is 127. The summed E-state index contributed by atoms with van der Waals surface area (Å²) in [6.07, 6.45) is 5.21. The van der Waals surface area contributed by atoms with Crippen LogP contribution in [0, 0.1) is 15.9 Å². The first-order valence-corrected chi connectivity index (χ1v) is 5.75. The fourth-order valence-electron chi connectivity index (χ4n) is 1.24. The van der Waals surface area contributed by atoms with Gasteiger partial charge in [0.2, 0.25) is 0 Å². The topological polar surface area (TPSA) is 20.3 Å². The second-order valence-electron chi connectivity index (χ2n) is 3.00. The Morgan fingerprint density at radius 2 is 2.20 bits per heavy atom. The molecule has 15 heavy (non-hydrogen) atoms. The Hall–Kier alpha value is -1.02. The zero-order chi connectivity index (χ0) is 11.3. The smallest absolute Gasteiger partial charge is 0.255 e. The van der Waals surface area contributed by atoms with Crippen molar-refractivity contribution in [2.45, 2.75) is 6.92 Å². The minimum atomic E-state index is 0.000417. The van der Waals surface area contributed by atoms with Crippen molar-refractivity contribution in [2.24, 2.45) is 0 Å². The van der Waals surface area contributed by atoms with Crippen LogP contribution in [0.2, 0.25) is 0 Å². The van der Waals surface area contributed by atoms with E-state index in [9.17, 15) is 4.79 Å². The van der Waals surface area contributed by atoms with Crippen LogP contribution in [0.5, 0.6) is 0 Å². The van der Waals surface area contributed by atoms with Gasteiger partial charge >= 0.3 is 0 Å². The number of hydrogen-bond acceptors (Lipinski definition) is 1. The molecule has 1 aromatic rings. The Labute approximate surface area is 104 Å². The van der Waals surface area contributed by atoms with E-state index in [-0.39, 0.29) is 5.91 Å². The van der Waals surface area contributed by atoms with E-state index in [0.29, 0.717) is 13.1 Å². The highest BCUT2D eigenvalue weighted by Crippen LogP contribution is 2.13. The molecule has 0 spiro atoms. The lowest BCUT2D eigenvalue weighted by molar-refractivity contribution is 0.0784. The van der Waals surface area contributed by atoms with Crippen molar-refractivity contribution < 1.29 is 4.79 Å². The second-order valence-corrected chi connectivity index (χ2v) is 4.17. The van der Waals surface area contributed by atoms with E-state index in [1.807, 2.05) is 31.2 Å². The quantitative estimate of drug-likeness (QED) is 0.620. The second kappa shape index (κ2) is 5.76. The van der Waals surface area contributed by atoms with E-state index in [1.54, 1.807) is 4.90 Å². The van der Waals surface area contributed by atoms with Crippen LogP contribution >= 0.6 is 22.6 Å². The number of hydrogen-bond donors (Lipinski definition) is 0. The highest BCUT2D eigenvalue weighted by molar-refractivity contribution is 14.1. The normalized spacial score (nSPS) is 9.40. The molecular weight excluding hydrogens is 301 g/mol. The Bertz CT molecular complexity index is 395. The van der Waals surface area contributed by atoms with Gasteiger partial charge < -0.3 is 4.90 Å². The summed E-state index contributed by atoms with van der Waals surface area (Å²) in [6, 6.07) is 7.51. The Kier molecular flexibility index (Phi) is 4.63. The van der Waals surface area contributed by atoms with E-state index in [1.165, 1.54) is 0 Å². The van der Waals surface area contributed by atoms with Gasteiger partial charge in [-0.2, -0.15) is 0 Å². The number of carbonyl (C=O) groups is 1. The monoisotopic (exact) mass is 313 g/mol. The molecule has 78 valence electrons. The lowest BCUT2D eigenvalue weighted by atomic mass is 10.2. The van der Waals surface area contributed by atoms with Gasteiger partial charge in [-0.25, -0.2) is 0 Å². The summed E-state index contributed by atoms with van der Waals surface area (Å²) in [5.41, 5.74) is 0.718. The predicted octanol–water partition coefficient (Wildman–Crippen LogP) is 2.39. The molecule has 0 N–H and O–H groups in total. The molecule has 1 rings (SSSR count). The third kappa shape index (κ3) is 2.96. The first-order valence-electron chi connectivity index (χ1n) is 4.68. The molecule has 0 aliphatic carbocycles. The third-order valence-electron chi connectivity index (χ3n) is 2.06. The molecule has 0 saturated carbocycles. The summed E-state index contributed by atoms with van der Waals surface area (Å²) in [5.74, 6) is 2.49. The molecule has 1 aromatic carbocycles. The zero-order valence-corrected chi connectivity index (χ0v) is 10.7. The molecule has 0 unspecified atom stereocenters. The Morgan fingerprint density at radius 3 is 2.73 bits per heavy atom. The molecule has 0 bridgehead atoms. The van der Waals surface area contributed by atoms with E-state index >= 15 is 0 Å². The molecule has 1 amide bonds. The maximum absolute atomic E-state index is 12.0.